The smallest absolute Gasteiger partial charge is 0.379 e. The fourth-order valence-electron chi connectivity index (χ4n) is 0.853. The molecule has 1 N–H and O–H groups in total. The molecule has 0 saturated carbocycles. The predicted molar refractivity (Wildman–Crippen MR) is 50.9 cm³/mol. The van der Waals surface area contributed by atoms with Gasteiger partial charge < -0.3 is 9.84 Å². The van der Waals surface area contributed by atoms with Gasteiger partial charge in [-0.3, -0.25) is 0 Å². The minimum Gasteiger partial charge on any atom is -0.379 e. The van der Waals surface area contributed by atoms with E-state index >= 15 is 0 Å². The van der Waals surface area contributed by atoms with Gasteiger partial charge >= 0.3 is 8.03 Å². The molecule has 0 amide bonds. The van der Waals surface area contributed by atoms with Gasteiger partial charge in [-0.1, -0.05) is 15.9 Å². The van der Waals surface area contributed by atoms with Gasteiger partial charge in [-0.25, -0.2) is 0 Å². The molecule has 1 aliphatic rings. The van der Waals surface area contributed by atoms with Crippen LogP contribution >= 0.6 is 24.0 Å². The molecule has 0 bridgehead atoms. The molecular weight excluding hydrogens is 261 g/mol. The van der Waals surface area contributed by atoms with E-state index in [1.165, 1.54) is 0 Å². The highest BCUT2D eigenvalue weighted by Crippen LogP contribution is 2.30. The van der Waals surface area contributed by atoms with Crippen LogP contribution in [0.3, 0.4) is 0 Å². The zero-order chi connectivity index (χ0) is 9.68. The van der Waals surface area contributed by atoms with Crippen molar-refractivity contribution in [2.24, 2.45) is 0 Å². The van der Waals surface area contributed by atoms with Crippen molar-refractivity contribution in [2.75, 3.05) is 31.6 Å². The van der Waals surface area contributed by atoms with E-state index in [0.717, 1.165) is 0 Å². The van der Waals surface area contributed by atoms with Crippen LogP contribution in [0.4, 0.5) is 0 Å². The Labute approximate surface area is 86.0 Å². The second kappa shape index (κ2) is 6.01. The number of alkyl halides is 1. The van der Waals surface area contributed by atoms with E-state index in [9.17, 15) is 4.57 Å². The molecule has 0 aliphatic carbocycles. The first-order chi connectivity index (χ1) is 6.24. The fraction of sp³-hybridized carbons (Fsp3) is 1.00. The summed E-state index contributed by atoms with van der Waals surface area (Å²) in [5, 5.41) is 11.0. The normalized spacial score (nSPS) is 22.8. The molecular formula is C6H12BrNO4P+. The number of hydrogen-bond donors (Lipinski definition) is 1. The summed E-state index contributed by atoms with van der Waals surface area (Å²) in [6.45, 7) is 2.34. The summed E-state index contributed by atoms with van der Waals surface area (Å²) in [5.41, 5.74) is 0. The van der Waals surface area contributed by atoms with Crippen molar-refractivity contribution < 1.29 is 19.0 Å². The summed E-state index contributed by atoms with van der Waals surface area (Å²) in [6.07, 6.45) is 0. The van der Waals surface area contributed by atoms with Crippen LogP contribution in [0.1, 0.15) is 0 Å². The number of aliphatic hydroxyl groups is 1. The Morgan fingerprint density at radius 1 is 1.62 bits per heavy atom. The van der Waals surface area contributed by atoms with E-state index in [1.807, 2.05) is 0 Å². The van der Waals surface area contributed by atoms with E-state index in [2.05, 4.69) is 15.9 Å². The van der Waals surface area contributed by atoms with Crippen molar-refractivity contribution in [3.8, 4) is 0 Å². The lowest BCUT2D eigenvalue weighted by molar-refractivity contribution is -0.115. The van der Waals surface area contributed by atoms with Crippen molar-refractivity contribution in [3.05, 3.63) is 0 Å². The zero-order valence-electron chi connectivity index (χ0n) is 7.06. The van der Waals surface area contributed by atoms with Gasteiger partial charge in [0.25, 0.3) is 5.85 Å². The van der Waals surface area contributed by atoms with Gasteiger partial charge in [0.05, 0.1) is 31.6 Å². The summed E-state index contributed by atoms with van der Waals surface area (Å²) in [4.78, 5) is 0. The largest absolute Gasteiger partial charge is 0.559 e. The van der Waals surface area contributed by atoms with Crippen LogP contribution in [-0.2, 0) is 13.9 Å². The molecule has 0 aromatic carbocycles. The van der Waals surface area contributed by atoms with Crippen LogP contribution < -0.4 is 0 Å². The van der Waals surface area contributed by atoms with E-state index in [1.54, 1.807) is 5.06 Å². The molecule has 1 rings (SSSR count). The molecule has 1 aliphatic heterocycles. The zero-order valence-corrected chi connectivity index (χ0v) is 9.54. The van der Waals surface area contributed by atoms with Crippen LogP contribution in [0, 0.1) is 0 Å². The van der Waals surface area contributed by atoms with E-state index in [-0.39, 0.29) is 5.33 Å². The number of aliphatic hydroxyl groups excluding tert-OH is 1. The van der Waals surface area contributed by atoms with Crippen LogP contribution in [0.25, 0.3) is 0 Å². The van der Waals surface area contributed by atoms with Gasteiger partial charge in [0.2, 0.25) is 0 Å². The average molecular weight is 273 g/mol. The first-order valence-corrected chi connectivity index (χ1v) is 6.32. The maximum absolute atomic E-state index is 11.2. The molecule has 0 aromatic heterocycles. The number of halogens is 1. The van der Waals surface area contributed by atoms with Crippen LogP contribution in [0.2, 0.25) is 0 Å². The van der Waals surface area contributed by atoms with Gasteiger partial charge in [0.1, 0.15) is 0 Å². The Morgan fingerprint density at radius 2 is 2.23 bits per heavy atom. The van der Waals surface area contributed by atoms with E-state index in [0.29, 0.717) is 26.3 Å². The van der Waals surface area contributed by atoms with Crippen molar-refractivity contribution in [1.29, 1.82) is 0 Å². The lowest BCUT2D eigenvalue weighted by Crippen LogP contribution is -2.35. The van der Waals surface area contributed by atoms with Gasteiger partial charge in [-0.05, 0) is 9.19 Å². The van der Waals surface area contributed by atoms with Crippen LogP contribution in [0.15, 0.2) is 0 Å². The predicted octanol–water partition coefficient (Wildman–Crippen LogP) is 0.706. The molecule has 1 fully saturated rings. The molecule has 0 radical (unpaired) electrons. The number of ether oxygens (including phenoxy) is 1. The van der Waals surface area contributed by atoms with Gasteiger partial charge in [0, 0.05) is 0 Å². The highest BCUT2D eigenvalue weighted by molar-refractivity contribution is 9.09. The lowest BCUT2D eigenvalue weighted by atomic mass is 10.5. The Morgan fingerprint density at radius 3 is 2.77 bits per heavy atom. The summed E-state index contributed by atoms with van der Waals surface area (Å²) in [7, 11) is -2.04. The summed E-state index contributed by atoms with van der Waals surface area (Å²) < 4.78 is 21.3. The average Bonchev–Trinajstić information content (AvgIpc) is 2.18. The van der Waals surface area contributed by atoms with Crippen molar-refractivity contribution >= 4 is 24.0 Å². The molecule has 5 nitrogen and oxygen atoms in total. The number of hydroxylamine groups is 2. The Kier molecular flexibility index (Phi) is 5.31. The highest BCUT2D eigenvalue weighted by Gasteiger charge is 2.33. The third-order valence-corrected chi connectivity index (χ3v) is 3.72. The maximum Gasteiger partial charge on any atom is 0.559 e. The number of morpholine rings is 1. The summed E-state index contributed by atoms with van der Waals surface area (Å²) in [6, 6.07) is 0. The first kappa shape index (κ1) is 11.5. The summed E-state index contributed by atoms with van der Waals surface area (Å²) in [5.74, 6) is -0.946. The third kappa shape index (κ3) is 3.97. The molecule has 7 heteroatoms. The van der Waals surface area contributed by atoms with Crippen molar-refractivity contribution in [1.82, 2.24) is 5.06 Å². The van der Waals surface area contributed by atoms with Crippen molar-refractivity contribution in [2.45, 2.75) is 5.85 Å². The quantitative estimate of drug-likeness (QED) is 0.603. The monoisotopic (exact) mass is 272 g/mol. The van der Waals surface area contributed by atoms with Gasteiger partial charge in [-0.2, -0.15) is 0 Å². The highest BCUT2D eigenvalue weighted by atomic mass is 79.9. The van der Waals surface area contributed by atoms with Crippen LogP contribution in [-0.4, -0.2) is 47.6 Å². The second-order valence-corrected chi connectivity index (χ2v) is 4.52. The molecule has 1 saturated heterocycles. The molecule has 0 aromatic rings. The molecule has 1 heterocycles. The fourth-order valence-corrected chi connectivity index (χ4v) is 2.17. The second-order valence-electron chi connectivity index (χ2n) is 2.54. The Bertz CT molecular complexity index is 176. The SMILES string of the molecule is O=[P+](ON1CCOCC1)C(O)CBr. The standard InChI is InChI=1S/C6H12BrNO4P/c7-5-6(9)13(10)12-8-1-3-11-4-2-8/h6,9H,1-5H2/q+1. The topological polar surface area (TPSA) is 59.0 Å². The lowest BCUT2D eigenvalue weighted by Gasteiger charge is -2.20. The van der Waals surface area contributed by atoms with Crippen molar-refractivity contribution in [3.63, 3.8) is 0 Å². The Hall–Kier alpha value is 0.420. The molecule has 0 spiro atoms. The minimum absolute atomic E-state index is 0.256. The minimum atomic E-state index is -2.04. The van der Waals surface area contributed by atoms with Gasteiger partial charge in [-0.15, -0.1) is 5.06 Å². The Balaban J connectivity index is 2.26. The third-order valence-electron chi connectivity index (χ3n) is 1.55. The van der Waals surface area contributed by atoms with Crippen LogP contribution in [0.5, 0.6) is 0 Å². The van der Waals surface area contributed by atoms with E-state index < -0.39 is 13.9 Å². The number of hydrogen-bond acceptors (Lipinski definition) is 5. The maximum atomic E-state index is 11.2. The number of nitrogens with zero attached hydrogens (tertiary/aromatic N) is 1. The first-order valence-electron chi connectivity index (χ1n) is 3.95. The van der Waals surface area contributed by atoms with E-state index in [4.69, 9.17) is 14.5 Å². The molecule has 76 valence electrons. The molecule has 13 heavy (non-hydrogen) atoms. The molecule has 2 unspecified atom stereocenters. The summed E-state index contributed by atoms with van der Waals surface area (Å²) >= 11 is 3.02. The van der Waals surface area contributed by atoms with Gasteiger partial charge in [0.15, 0.2) is 0 Å². The number of rotatable bonds is 4. The molecule has 2 atom stereocenters.